The van der Waals surface area contributed by atoms with E-state index in [1.165, 1.54) is 0 Å². The lowest BCUT2D eigenvalue weighted by Crippen LogP contribution is -2.46. The van der Waals surface area contributed by atoms with Crippen LogP contribution in [0, 0.1) is 0 Å². The predicted octanol–water partition coefficient (Wildman–Crippen LogP) is 3.66. The lowest BCUT2D eigenvalue weighted by Gasteiger charge is -2.35. The number of pyridine rings is 1. The summed E-state index contributed by atoms with van der Waals surface area (Å²) >= 11 is 3.48. The van der Waals surface area contributed by atoms with Crippen LogP contribution in [-0.2, 0) is 0 Å². The minimum atomic E-state index is 0.809. The van der Waals surface area contributed by atoms with Crippen molar-refractivity contribution in [1.29, 1.82) is 0 Å². The summed E-state index contributed by atoms with van der Waals surface area (Å²) in [6.07, 6.45) is 0. The third-order valence-electron chi connectivity index (χ3n) is 4.32. The van der Waals surface area contributed by atoms with Crippen LogP contribution in [-0.4, -0.2) is 49.7 Å². The quantitative estimate of drug-likeness (QED) is 0.814. The highest BCUT2D eigenvalue weighted by atomic mass is 79.9. The maximum Gasteiger partial charge on any atom is 0.145 e. The third-order valence-corrected chi connectivity index (χ3v) is 4.85. The van der Waals surface area contributed by atoms with E-state index in [0.717, 1.165) is 60.0 Å². The second-order valence-corrected chi connectivity index (χ2v) is 6.56. The summed E-state index contributed by atoms with van der Waals surface area (Å²) in [4.78, 5) is 9.71. The van der Waals surface area contributed by atoms with Crippen molar-refractivity contribution in [3.05, 3.63) is 40.9 Å². The fourth-order valence-electron chi connectivity index (χ4n) is 2.88. The monoisotopic (exact) mass is 375 g/mol. The van der Waals surface area contributed by atoms with Gasteiger partial charge in [0.05, 0.1) is 7.11 Å². The average molecular weight is 376 g/mol. The molecule has 1 aromatic carbocycles. The number of nitrogens with zero attached hydrogens (tertiary/aromatic N) is 3. The molecule has 0 N–H and O–H groups in total. The first-order valence-corrected chi connectivity index (χ1v) is 8.79. The first kappa shape index (κ1) is 16.3. The van der Waals surface area contributed by atoms with E-state index in [0.29, 0.717) is 0 Å². The van der Waals surface area contributed by atoms with E-state index in [1.807, 2.05) is 18.2 Å². The molecule has 0 amide bonds. The van der Waals surface area contributed by atoms with E-state index in [2.05, 4.69) is 50.9 Å². The molecule has 0 unspecified atom stereocenters. The van der Waals surface area contributed by atoms with Crippen molar-refractivity contribution >= 4 is 21.7 Å². The molecule has 122 valence electrons. The van der Waals surface area contributed by atoms with Crippen molar-refractivity contribution in [1.82, 2.24) is 9.88 Å². The Morgan fingerprint density at radius 3 is 2.35 bits per heavy atom. The molecule has 0 radical (unpaired) electrons. The molecule has 1 fully saturated rings. The molecule has 0 atom stereocenters. The van der Waals surface area contributed by atoms with Crippen molar-refractivity contribution in [2.24, 2.45) is 0 Å². The van der Waals surface area contributed by atoms with E-state index in [9.17, 15) is 0 Å². The predicted molar refractivity (Wildman–Crippen MR) is 98.3 cm³/mol. The molecule has 1 aromatic heterocycles. The van der Waals surface area contributed by atoms with E-state index in [1.54, 1.807) is 7.11 Å². The number of halogens is 1. The second kappa shape index (κ2) is 7.32. The Kier molecular flexibility index (Phi) is 5.18. The Hall–Kier alpha value is -1.59. The van der Waals surface area contributed by atoms with Gasteiger partial charge in [0.15, 0.2) is 0 Å². The van der Waals surface area contributed by atoms with Crippen LogP contribution in [0.5, 0.6) is 5.75 Å². The fraction of sp³-hybridized carbons (Fsp3) is 0.389. The zero-order chi connectivity index (χ0) is 16.2. The van der Waals surface area contributed by atoms with Crippen LogP contribution in [0.3, 0.4) is 0 Å². The number of hydrogen-bond donors (Lipinski definition) is 0. The molecule has 3 rings (SSSR count). The van der Waals surface area contributed by atoms with Crippen molar-refractivity contribution in [3.63, 3.8) is 0 Å². The number of anilines is 1. The minimum Gasteiger partial charge on any atom is -0.494 e. The number of likely N-dealkylation sites (N-methyl/N-ethyl adjacent to an activating group) is 1. The zero-order valence-corrected chi connectivity index (χ0v) is 15.2. The molecular formula is C18H22BrN3O. The Labute approximate surface area is 146 Å². The molecule has 0 saturated carbocycles. The molecule has 1 saturated heterocycles. The molecule has 1 aliphatic rings. The molecule has 5 heteroatoms. The lowest BCUT2D eigenvalue weighted by atomic mass is 10.1. The van der Waals surface area contributed by atoms with Gasteiger partial charge in [0.1, 0.15) is 17.3 Å². The van der Waals surface area contributed by atoms with Crippen molar-refractivity contribution in [2.75, 3.05) is 44.7 Å². The number of aromatic nitrogens is 1. The SMILES string of the molecule is CCN1CCN(c2ccc(OC)c(-c3ccc(Br)cc3)n2)CC1. The van der Waals surface area contributed by atoms with Crippen LogP contribution in [0.15, 0.2) is 40.9 Å². The van der Waals surface area contributed by atoms with E-state index in [-0.39, 0.29) is 0 Å². The smallest absolute Gasteiger partial charge is 0.145 e. The Bertz CT molecular complexity index is 652. The van der Waals surface area contributed by atoms with Gasteiger partial charge in [-0.05, 0) is 30.8 Å². The van der Waals surface area contributed by atoms with Gasteiger partial charge in [-0.1, -0.05) is 35.0 Å². The Morgan fingerprint density at radius 1 is 1.04 bits per heavy atom. The zero-order valence-electron chi connectivity index (χ0n) is 13.6. The van der Waals surface area contributed by atoms with Crippen molar-refractivity contribution in [3.8, 4) is 17.0 Å². The first-order valence-electron chi connectivity index (χ1n) is 7.99. The highest BCUT2D eigenvalue weighted by Crippen LogP contribution is 2.31. The number of benzene rings is 1. The van der Waals surface area contributed by atoms with Crippen LogP contribution >= 0.6 is 15.9 Å². The molecule has 0 spiro atoms. The van der Waals surface area contributed by atoms with Gasteiger partial charge < -0.3 is 14.5 Å². The number of piperazine rings is 1. The van der Waals surface area contributed by atoms with Crippen LogP contribution in [0.1, 0.15) is 6.92 Å². The van der Waals surface area contributed by atoms with Gasteiger partial charge >= 0.3 is 0 Å². The van der Waals surface area contributed by atoms with Crippen LogP contribution in [0.2, 0.25) is 0 Å². The Morgan fingerprint density at radius 2 is 1.74 bits per heavy atom. The van der Waals surface area contributed by atoms with Crippen LogP contribution in [0.25, 0.3) is 11.3 Å². The topological polar surface area (TPSA) is 28.6 Å². The highest BCUT2D eigenvalue weighted by Gasteiger charge is 2.18. The summed E-state index contributed by atoms with van der Waals surface area (Å²) in [6.45, 7) is 7.57. The van der Waals surface area contributed by atoms with Crippen molar-refractivity contribution in [2.45, 2.75) is 6.92 Å². The van der Waals surface area contributed by atoms with Gasteiger partial charge in [-0.15, -0.1) is 0 Å². The standard InChI is InChI=1S/C18H22BrN3O/c1-3-21-10-12-22(13-11-21)17-9-8-16(23-2)18(20-17)14-4-6-15(19)7-5-14/h4-9H,3,10-13H2,1-2H3. The van der Waals surface area contributed by atoms with Gasteiger partial charge in [0.2, 0.25) is 0 Å². The largest absolute Gasteiger partial charge is 0.494 e. The third kappa shape index (κ3) is 3.67. The van der Waals surface area contributed by atoms with E-state index < -0.39 is 0 Å². The molecule has 0 bridgehead atoms. The summed E-state index contributed by atoms with van der Waals surface area (Å²) < 4.78 is 6.57. The maximum atomic E-state index is 5.51. The normalized spacial score (nSPS) is 15.7. The highest BCUT2D eigenvalue weighted by molar-refractivity contribution is 9.10. The number of hydrogen-bond acceptors (Lipinski definition) is 4. The van der Waals surface area contributed by atoms with Crippen LogP contribution < -0.4 is 9.64 Å². The average Bonchev–Trinajstić information content (AvgIpc) is 2.62. The molecule has 4 nitrogen and oxygen atoms in total. The Balaban J connectivity index is 1.89. The molecule has 2 heterocycles. The lowest BCUT2D eigenvalue weighted by molar-refractivity contribution is 0.270. The molecule has 0 aliphatic carbocycles. The van der Waals surface area contributed by atoms with E-state index in [4.69, 9.17) is 9.72 Å². The number of methoxy groups -OCH3 is 1. The summed E-state index contributed by atoms with van der Waals surface area (Å²) in [5.41, 5.74) is 1.97. The summed E-state index contributed by atoms with van der Waals surface area (Å²) in [6, 6.07) is 12.3. The second-order valence-electron chi connectivity index (χ2n) is 5.65. The first-order chi connectivity index (χ1) is 11.2. The fourth-order valence-corrected chi connectivity index (χ4v) is 3.15. The summed E-state index contributed by atoms with van der Waals surface area (Å²) in [5, 5.41) is 0. The minimum absolute atomic E-state index is 0.809. The van der Waals surface area contributed by atoms with Crippen molar-refractivity contribution < 1.29 is 4.74 Å². The van der Waals surface area contributed by atoms with E-state index >= 15 is 0 Å². The maximum absolute atomic E-state index is 5.51. The van der Waals surface area contributed by atoms with Crippen LogP contribution in [0.4, 0.5) is 5.82 Å². The van der Waals surface area contributed by atoms with Gasteiger partial charge in [-0.2, -0.15) is 0 Å². The van der Waals surface area contributed by atoms with Gasteiger partial charge in [0.25, 0.3) is 0 Å². The molecule has 2 aromatic rings. The van der Waals surface area contributed by atoms with Gasteiger partial charge in [-0.3, -0.25) is 0 Å². The number of rotatable bonds is 4. The molecule has 23 heavy (non-hydrogen) atoms. The van der Waals surface area contributed by atoms with Gasteiger partial charge in [-0.25, -0.2) is 4.98 Å². The molecule has 1 aliphatic heterocycles. The molecular weight excluding hydrogens is 354 g/mol. The van der Waals surface area contributed by atoms with Gasteiger partial charge in [0, 0.05) is 36.2 Å². The summed E-state index contributed by atoms with van der Waals surface area (Å²) in [5.74, 6) is 1.84. The summed E-state index contributed by atoms with van der Waals surface area (Å²) in [7, 11) is 1.69. The number of ether oxygens (including phenoxy) is 1.